The molecule has 0 atom stereocenters. The number of thiazole rings is 1. The first kappa shape index (κ1) is 24.4. The third-order valence-electron chi connectivity index (χ3n) is 4.59. The molecular formula is C22H30IN5OS. The number of aryl methyl sites for hydroxylation is 1. The van der Waals surface area contributed by atoms with Gasteiger partial charge >= 0.3 is 0 Å². The maximum absolute atomic E-state index is 5.46. The highest BCUT2D eigenvalue weighted by atomic mass is 127. The summed E-state index contributed by atoms with van der Waals surface area (Å²) in [7, 11) is 3.89. The van der Waals surface area contributed by atoms with Crippen molar-refractivity contribution in [2.75, 3.05) is 14.1 Å². The van der Waals surface area contributed by atoms with Gasteiger partial charge in [0.15, 0.2) is 5.96 Å². The van der Waals surface area contributed by atoms with Crippen LogP contribution in [0.5, 0.6) is 0 Å². The lowest BCUT2D eigenvalue weighted by molar-refractivity contribution is 0.287. The highest BCUT2D eigenvalue weighted by Crippen LogP contribution is 2.14. The molecule has 162 valence electrons. The molecule has 0 aliphatic rings. The zero-order valence-corrected chi connectivity index (χ0v) is 20.9. The molecule has 0 saturated carbocycles. The van der Waals surface area contributed by atoms with Crippen molar-refractivity contribution in [3.63, 3.8) is 0 Å². The summed E-state index contributed by atoms with van der Waals surface area (Å²) in [5, 5.41) is 7.84. The molecule has 8 heteroatoms. The lowest BCUT2D eigenvalue weighted by atomic mass is 10.1. The second-order valence-electron chi connectivity index (χ2n) is 6.87. The maximum Gasteiger partial charge on any atom is 0.191 e. The van der Waals surface area contributed by atoms with Crippen molar-refractivity contribution in [3.05, 3.63) is 75.6 Å². The normalized spacial score (nSPS) is 11.4. The first-order chi connectivity index (χ1) is 14.2. The van der Waals surface area contributed by atoms with Gasteiger partial charge in [0.05, 0.1) is 19.4 Å². The molecular weight excluding hydrogens is 509 g/mol. The van der Waals surface area contributed by atoms with Crippen LogP contribution in [0.4, 0.5) is 0 Å². The number of aromatic nitrogens is 1. The van der Waals surface area contributed by atoms with Crippen molar-refractivity contribution in [2.45, 2.75) is 39.5 Å². The van der Waals surface area contributed by atoms with Crippen molar-refractivity contribution in [1.82, 2.24) is 20.5 Å². The molecule has 3 rings (SSSR count). The van der Waals surface area contributed by atoms with Crippen LogP contribution in [0.3, 0.4) is 0 Å². The van der Waals surface area contributed by atoms with E-state index < -0.39 is 0 Å². The molecule has 0 saturated heterocycles. The third-order valence-corrected chi connectivity index (χ3v) is 5.73. The van der Waals surface area contributed by atoms with Crippen molar-refractivity contribution in [3.8, 4) is 0 Å². The van der Waals surface area contributed by atoms with Crippen molar-refractivity contribution < 1.29 is 4.42 Å². The molecule has 0 aliphatic heterocycles. The molecule has 2 heterocycles. The van der Waals surface area contributed by atoms with E-state index in [-0.39, 0.29) is 24.0 Å². The lowest BCUT2D eigenvalue weighted by Crippen LogP contribution is -2.36. The van der Waals surface area contributed by atoms with Crippen molar-refractivity contribution in [1.29, 1.82) is 0 Å². The second-order valence-corrected chi connectivity index (χ2v) is 8.07. The monoisotopic (exact) mass is 539 g/mol. The van der Waals surface area contributed by atoms with E-state index in [0.717, 1.165) is 36.2 Å². The number of halogens is 1. The SMILES string of the molecule is CCc1cnc(CNC(=NC)NCc2ccccc2CN(C)Cc2ccco2)s1.I. The molecule has 0 fully saturated rings. The fraction of sp³-hybridized carbons (Fsp3) is 0.364. The lowest BCUT2D eigenvalue weighted by Gasteiger charge is -2.19. The average molecular weight is 539 g/mol. The molecule has 2 aromatic heterocycles. The third kappa shape index (κ3) is 7.41. The molecule has 3 aromatic rings. The fourth-order valence-electron chi connectivity index (χ4n) is 3.05. The minimum absolute atomic E-state index is 0. The number of aliphatic imine (C=N–C) groups is 1. The van der Waals surface area contributed by atoms with E-state index >= 15 is 0 Å². The summed E-state index contributed by atoms with van der Waals surface area (Å²) in [6.07, 6.45) is 4.69. The summed E-state index contributed by atoms with van der Waals surface area (Å²) >= 11 is 1.74. The van der Waals surface area contributed by atoms with Gasteiger partial charge in [-0.1, -0.05) is 31.2 Å². The van der Waals surface area contributed by atoms with E-state index in [0.29, 0.717) is 13.1 Å². The van der Waals surface area contributed by atoms with Gasteiger partial charge in [-0.2, -0.15) is 0 Å². The predicted molar refractivity (Wildman–Crippen MR) is 134 cm³/mol. The Bertz CT molecular complexity index is 910. The summed E-state index contributed by atoms with van der Waals surface area (Å²) in [4.78, 5) is 12.3. The Morgan fingerprint density at radius 2 is 1.87 bits per heavy atom. The predicted octanol–water partition coefficient (Wildman–Crippen LogP) is 4.41. The van der Waals surface area contributed by atoms with Gasteiger partial charge in [-0.15, -0.1) is 35.3 Å². The second kappa shape index (κ2) is 12.7. The molecule has 6 nitrogen and oxygen atoms in total. The van der Waals surface area contributed by atoms with Gasteiger partial charge in [0, 0.05) is 31.2 Å². The minimum Gasteiger partial charge on any atom is -0.468 e. The van der Waals surface area contributed by atoms with Crippen molar-refractivity contribution >= 4 is 41.3 Å². The van der Waals surface area contributed by atoms with Crippen LogP contribution >= 0.6 is 35.3 Å². The van der Waals surface area contributed by atoms with E-state index in [1.807, 2.05) is 18.3 Å². The summed E-state index contributed by atoms with van der Waals surface area (Å²) in [5.41, 5.74) is 2.54. The van der Waals surface area contributed by atoms with E-state index in [9.17, 15) is 0 Å². The Morgan fingerprint density at radius 1 is 1.10 bits per heavy atom. The average Bonchev–Trinajstić information content (AvgIpc) is 3.41. The highest BCUT2D eigenvalue weighted by molar-refractivity contribution is 14.0. The van der Waals surface area contributed by atoms with Gasteiger partial charge in [-0.05, 0) is 36.7 Å². The quantitative estimate of drug-likeness (QED) is 0.240. The largest absolute Gasteiger partial charge is 0.468 e. The van der Waals surface area contributed by atoms with Gasteiger partial charge in [0.2, 0.25) is 0 Å². The maximum atomic E-state index is 5.46. The van der Waals surface area contributed by atoms with E-state index in [4.69, 9.17) is 4.42 Å². The molecule has 2 N–H and O–H groups in total. The van der Waals surface area contributed by atoms with Crippen LogP contribution in [-0.2, 0) is 32.6 Å². The van der Waals surface area contributed by atoms with Crippen LogP contribution in [0, 0.1) is 0 Å². The Hall–Kier alpha value is -1.91. The van der Waals surface area contributed by atoms with Crippen LogP contribution < -0.4 is 10.6 Å². The first-order valence-electron chi connectivity index (χ1n) is 9.83. The Labute approximate surface area is 199 Å². The molecule has 0 unspecified atom stereocenters. The fourth-order valence-corrected chi connectivity index (χ4v) is 3.85. The topological polar surface area (TPSA) is 65.7 Å². The van der Waals surface area contributed by atoms with E-state index in [1.165, 1.54) is 16.0 Å². The van der Waals surface area contributed by atoms with E-state index in [2.05, 4.69) is 63.7 Å². The first-order valence-corrected chi connectivity index (χ1v) is 10.7. The smallest absolute Gasteiger partial charge is 0.191 e. The number of rotatable bonds is 9. The standard InChI is InChI=1S/C22H29N5OS.HI/c1-4-20-13-24-21(29-20)14-26-22(23-2)25-12-17-8-5-6-9-18(17)15-27(3)16-19-10-7-11-28-19;/h5-11,13H,4,12,14-16H2,1-3H3,(H2,23,25,26);1H. The Balaban J connectivity index is 0.00000320. The zero-order valence-electron chi connectivity index (χ0n) is 17.7. The summed E-state index contributed by atoms with van der Waals surface area (Å²) in [6.45, 7) is 5.17. The number of guanidine groups is 1. The molecule has 1 aromatic carbocycles. The van der Waals surface area contributed by atoms with Crippen LogP contribution in [0.1, 0.15) is 33.7 Å². The van der Waals surface area contributed by atoms with Gasteiger partial charge in [0.1, 0.15) is 10.8 Å². The van der Waals surface area contributed by atoms with Crippen LogP contribution in [0.15, 0.2) is 58.3 Å². The molecule has 0 aliphatic carbocycles. The van der Waals surface area contributed by atoms with Crippen LogP contribution in [0.2, 0.25) is 0 Å². The number of benzene rings is 1. The number of hydrogen-bond acceptors (Lipinski definition) is 5. The summed E-state index contributed by atoms with van der Waals surface area (Å²) in [6, 6.07) is 12.4. The number of furan rings is 1. The number of nitrogens with zero attached hydrogens (tertiary/aromatic N) is 3. The van der Waals surface area contributed by atoms with Gasteiger partial charge in [-0.3, -0.25) is 9.89 Å². The Kier molecular flexibility index (Phi) is 10.3. The minimum atomic E-state index is 0. The van der Waals surface area contributed by atoms with Gasteiger partial charge in [-0.25, -0.2) is 4.98 Å². The molecule has 0 bridgehead atoms. The van der Waals surface area contributed by atoms with Gasteiger partial charge in [0.25, 0.3) is 0 Å². The molecule has 0 spiro atoms. The number of hydrogen-bond donors (Lipinski definition) is 2. The van der Waals surface area contributed by atoms with Crippen LogP contribution in [0.25, 0.3) is 0 Å². The van der Waals surface area contributed by atoms with Gasteiger partial charge < -0.3 is 15.1 Å². The van der Waals surface area contributed by atoms with Crippen LogP contribution in [-0.4, -0.2) is 29.9 Å². The molecule has 0 radical (unpaired) electrons. The molecule has 30 heavy (non-hydrogen) atoms. The number of nitrogens with one attached hydrogen (secondary N) is 2. The molecule has 0 amide bonds. The summed E-state index contributed by atoms with van der Waals surface area (Å²) in [5.74, 6) is 1.75. The Morgan fingerprint density at radius 3 is 2.53 bits per heavy atom. The van der Waals surface area contributed by atoms with Crippen molar-refractivity contribution in [2.24, 2.45) is 4.99 Å². The highest BCUT2D eigenvalue weighted by Gasteiger charge is 2.09. The van der Waals surface area contributed by atoms with E-state index in [1.54, 1.807) is 24.6 Å². The zero-order chi connectivity index (χ0) is 20.5. The summed E-state index contributed by atoms with van der Waals surface area (Å²) < 4.78 is 5.46.